The molecule has 0 amide bonds. The minimum atomic E-state index is -3.96. The van der Waals surface area contributed by atoms with Gasteiger partial charge in [-0.25, -0.2) is 14.8 Å². The van der Waals surface area contributed by atoms with Crippen molar-refractivity contribution in [1.29, 1.82) is 0 Å². The van der Waals surface area contributed by atoms with Crippen LogP contribution in [0, 0.1) is 0 Å². The summed E-state index contributed by atoms with van der Waals surface area (Å²) < 4.78 is 35.9. The van der Waals surface area contributed by atoms with Gasteiger partial charge in [0.2, 0.25) is 14.1 Å². The van der Waals surface area contributed by atoms with Crippen LogP contribution in [-0.2, 0) is 34.0 Å². The van der Waals surface area contributed by atoms with Gasteiger partial charge in [0.15, 0.2) is 0 Å². The van der Waals surface area contributed by atoms with Gasteiger partial charge in [0.25, 0.3) is 0 Å². The molecule has 1 N–H and O–H groups in total. The van der Waals surface area contributed by atoms with E-state index in [0.29, 0.717) is 23.6 Å². The highest BCUT2D eigenvalue weighted by Gasteiger charge is 2.43. The maximum absolute atomic E-state index is 13.7. The standard InChI is InChI=1S/C31H46N3O6PSi/c1-11-17-25(20-23(4)40-42(9,10)31(5,6)7)27-22-32-28(26(33-27)21-24-18-15-14-16-19-24)34-29(30(35)37-8)41(36,38-12-2)39-13-3/h11,14-20,22,29H,4,12-13,21H2,1-3,5-10H3,(H,32,34)/b17-11-,25-20+. The highest BCUT2D eigenvalue weighted by molar-refractivity contribution is 7.55. The first kappa shape index (κ1) is 35.2. The van der Waals surface area contributed by atoms with Crippen molar-refractivity contribution in [2.24, 2.45) is 0 Å². The lowest BCUT2D eigenvalue weighted by atomic mass is 10.1. The molecular formula is C31H46N3O6PSi. The van der Waals surface area contributed by atoms with Crippen LogP contribution in [0.4, 0.5) is 5.82 Å². The summed E-state index contributed by atoms with van der Waals surface area (Å²) in [5.74, 6) is -1.44. The maximum atomic E-state index is 13.7. The summed E-state index contributed by atoms with van der Waals surface area (Å²) >= 11 is 0. The number of methoxy groups -OCH3 is 1. The Kier molecular flexibility index (Phi) is 12.9. The first-order valence-corrected chi connectivity index (χ1v) is 18.6. The van der Waals surface area contributed by atoms with E-state index < -0.39 is 27.7 Å². The molecule has 0 spiro atoms. The number of hydrogen-bond acceptors (Lipinski definition) is 9. The third-order valence-electron chi connectivity index (χ3n) is 6.84. The molecule has 0 aliphatic heterocycles. The van der Waals surface area contributed by atoms with Gasteiger partial charge in [0, 0.05) is 12.0 Å². The summed E-state index contributed by atoms with van der Waals surface area (Å²) in [7, 11) is -4.85. The van der Waals surface area contributed by atoms with E-state index in [-0.39, 0.29) is 24.1 Å². The fourth-order valence-corrected chi connectivity index (χ4v) is 6.48. The van der Waals surface area contributed by atoms with Crippen LogP contribution in [0.3, 0.4) is 0 Å². The van der Waals surface area contributed by atoms with Gasteiger partial charge >= 0.3 is 13.6 Å². The van der Waals surface area contributed by atoms with Gasteiger partial charge in [0.05, 0.1) is 43.7 Å². The molecule has 42 heavy (non-hydrogen) atoms. The summed E-state index contributed by atoms with van der Waals surface area (Å²) in [4.78, 5) is 22.4. The van der Waals surface area contributed by atoms with Crippen molar-refractivity contribution in [3.8, 4) is 0 Å². The zero-order chi connectivity index (χ0) is 31.6. The molecule has 1 unspecified atom stereocenters. The molecule has 1 aromatic heterocycles. The highest BCUT2D eigenvalue weighted by Crippen LogP contribution is 2.53. The van der Waals surface area contributed by atoms with Gasteiger partial charge < -0.3 is 23.5 Å². The number of esters is 1. The van der Waals surface area contributed by atoms with Crippen LogP contribution < -0.4 is 5.32 Å². The van der Waals surface area contributed by atoms with Gasteiger partial charge in [-0.3, -0.25) is 4.57 Å². The van der Waals surface area contributed by atoms with E-state index in [1.807, 2.05) is 55.5 Å². The van der Waals surface area contributed by atoms with E-state index in [4.69, 9.17) is 23.2 Å². The molecular weight excluding hydrogens is 569 g/mol. The number of anilines is 1. The van der Waals surface area contributed by atoms with Gasteiger partial charge in [-0.1, -0.05) is 69.8 Å². The van der Waals surface area contributed by atoms with Crippen LogP contribution >= 0.6 is 7.60 Å². The highest BCUT2D eigenvalue weighted by atomic mass is 31.2. The minimum Gasteiger partial charge on any atom is -0.544 e. The zero-order valence-electron chi connectivity index (χ0n) is 26.4. The van der Waals surface area contributed by atoms with Gasteiger partial charge in [0.1, 0.15) is 5.82 Å². The molecule has 1 atom stereocenters. The van der Waals surface area contributed by atoms with E-state index >= 15 is 0 Å². The lowest BCUT2D eigenvalue weighted by Crippen LogP contribution is -2.40. The van der Waals surface area contributed by atoms with Crippen molar-refractivity contribution in [2.45, 2.75) is 71.9 Å². The lowest BCUT2D eigenvalue weighted by Gasteiger charge is -2.36. The number of carbonyl (C=O) groups is 1. The van der Waals surface area contributed by atoms with Crippen molar-refractivity contribution < 1.29 is 27.6 Å². The second-order valence-electron chi connectivity index (χ2n) is 11.1. The van der Waals surface area contributed by atoms with Crippen LogP contribution in [0.15, 0.2) is 67.1 Å². The lowest BCUT2D eigenvalue weighted by molar-refractivity contribution is -0.140. The number of rotatable bonds is 15. The molecule has 0 bridgehead atoms. The summed E-state index contributed by atoms with van der Waals surface area (Å²) in [5.41, 5.74) is 2.84. The Hall–Kier alpha value is -3.04. The molecule has 1 aromatic carbocycles. The molecule has 9 nitrogen and oxygen atoms in total. The second kappa shape index (κ2) is 15.4. The third-order valence-corrected chi connectivity index (χ3v) is 13.4. The minimum absolute atomic E-state index is 0.0130. The topological polar surface area (TPSA) is 109 Å². The Morgan fingerprint density at radius 2 is 1.76 bits per heavy atom. The number of ether oxygens (including phenoxy) is 1. The molecule has 2 rings (SSSR count). The second-order valence-corrected chi connectivity index (χ2v) is 17.9. The molecule has 0 saturated heterocycles. The Morgan fingerprint density at radius 3 is 2.29 bits per heavy atom. The van der Waals surface area contributed by atoms with Crippen molar-refractivity contribution in [1.82, 2.24) is 9.97 Å². The SMILES string of the molecule is C=C(/C=C(\C=C/C)c1cnc(NC(C(=O)OC)P(=O)(OCC)OCC)c(Cc2ccccc2)n1)O[Si](C)(C)C(C)(C)C. The third kappa shape index (κ3) is 9.49. The van der Waals surface area contributed by atoms with E-state index in [2.05, 4.69) is 50.7 Å². The van der Waals surface area contributed by atoms with Crippen LogP contribution in [0.5, 0.6) is 0 Å². The molecule has 2 aromatic rings. The average molecular weight is 616 g/mol. The summed E-state index contributed by atoms with van der Waals surface area (Å²) in [6, 6.07) is 9.74. The summed E-state index contributed by atoms with van der Waals surface area (Å²) in [5, 5.41) is 2.99. The number of benzene rings is 1. The maximum Gasteiger partial charge on any atom is 0.364 e. The molecule has 0 radical (unpaired) electrons. The van der Waals surface area contributed by atoms with Crippen molar-refractivity contribution >= 4 is 33.3 Å². The van der Waals surface area contributed by atoms with Gasteiger partial charge in [-0.15, -0.1) is 0 Å². The molecule has 0 aliphatic carbocycles. The number of hydrogen-bond donors (Lipinski definition) is 1. The number of allylic oxidation sites excluding steroid dienone is 4. The Morgan fingerprint density at radius 1 is 1.14 bits per heavy atom. The summed E-state index contributed by atoms with van der Waals surface area (Å²) in [6.07, 6.45) is 7.65. The molecule has 11 heteroatoms. The van der Waals surface area contributed by atoms with E-state index in [0.717, 1.165) is 11.1 Å². The fraction of sp³-hybridized carbons (Fsp3) is 0.452. The fourth-order valence-electron chi connectivity index (χ4n) is 3.72. The van der Waals surface area contributed by atoms with Crippen LogP contribution in [0.25, 0.3) is 5.57 Å². The number of carbonyl (C=O) groups excluding carboxylic acids is 1. The molecule has 230 valence electrons. The van der Waals surface area contributed by atoms with Crippen molar-refractivity contribution in [2.75, 3.05) is 25.6 Å². The van der Waals surface area contributed by atoms with E-state index in [9.17, 15) is 9.36 Å². The Bertz CT molecular complexity index is 1310. The van der Waals surface area contributed by atoms with E-state index in [1.165, 1.54) is 7.11 Å². The monoisotopic (exact) mass is 615 g/mol. The Labute approximate surface area is 252 Å². The molecule has 1 heterocycles. The van der Waals surface area contributed by atoms with Gasteiger partial charge in [-0.2, -0.15) is 0 Å². The smallest absolute Gasteiger partial charge is 0.364 e. The Balaban J connectivity index is 2.63. The predicted molar refractivity (Wildman–Crippen MR) is 172 cm³/mol. The quantitative estimate of drug-likeness (QED) is 0.0707. The van der Waals surface area contributed by atoms with Crippen LogP contribution in [0.1, 0.15) is 58.5 Å². The molecule has 0 saturated carbocycles. The number of aromatic nitrogens is 2. The van der Waals surface area contributed by atoms with Crippen molar-refractivity contribution in [3.05, 3.63) is 84.0 Å². The zero-order valence-corrected chi connectivity index (χ0v) is 28.3. The number of nitrogens with one attached hydrogen (secondary N) is 1. The van der Waals surface area contributed by atoms with Gasteiger partial charge in [-0.05, 0) is 50.5 Å². The van der Waals surface area contributed by atoms with Crippen molar-refractivity contribution in [3.63, 3.8) is 0 Å². The predicted octanol–water partition coefficient (Wildman–Crippen LogP) is 7.74. The van der Waals surface area contributed by atoms with E-state index in [1.54, 1.807) is 20.0 Å². The summed E-state index contributed by atoms with van der Waals surface area (Å²) in [6.45, 7) is 20.4. The van der Waals surface area contributed by atoms with Crippen LogP contribution in [0.2, 0.25) is 18.1 Å². The normalized spacial score (nSPS) is 13.6. The number of nitrogens with zero attached hydrogens (tertiary/aromatic N) is 2. The average Bonchev–Trinajstić information content (AvgIpc) is 2.91. The van der Waals surface area contributed by atoms with Crippen LogP contribution in [-0.4, -0.2) is 50.4 Å². The largest absolute Gasteiger partial charge is 0.544 e. The first-order chi connectivity index (χ1) is 19.7. The first-order valence-electron chi connectivity index (χ1n) is 14.1. The molecule has 0 fully saturated rings. The molecule has 0 aliphatic rings.